The van der Waals surface area contributed by atoms with E-state index in [1.165, 1.54) is 32.1 Å². The largest absolute Gasteiger partial charge is 0.393 e. The van der Waals surface area contributed by atoms with E-state index in [9.17, 15) is 15.0 Å². The van der Waals surface area contributed by atoms with Crippen molar-refractivity contribution in [2.45, 2.75) is 117 Å². The van der Waals surface area contributed by atoms with Gasteiger partial charge in [0.05, 0.1) is 6.10 Å². The molecule has 10 atom stereocenters. The predicted molar refractivity (Wildman–Crippen MR) is 125 cm³/mol. The van der Waals surface area contributed by atoms with E-state index in [0.29, 0.717) is 29.6 Å². The molecule has 0 aromatic carbocycles. The lowest BCUT2D eigenvalue weighted by Crippen LogP contribution is -2.67. The summed E-state index contributed by atoms with van der Waals surface area (Å²) in [6.45, 7) is 14.3. The molecule has 178 valence electrons. The SMILES string of the molecule is CC(C)[C@@H](C)CC[C@@H](C)[C@H]1CCC2C3CC(=O)[C@@]4(O)C[C@@H](O)CC[C@]4(C)C3CC[C@@]21C. The average Bonchev–Trinajstić information content (AvgIpc) is 3.05. The van der Waals surface area contributed by atoms with E-state index < -0.39 is 11.7 Å². The van der Waals surface area contributed by atoms with E-state index in [1.807, 2.05) is 0 Å². The maximum Gasteiger partial charge on any atom is 0.165 e. The number of fused-ring (bicyclic) bond motifs is 5. The molecule has 4 aliphatic carbocycles. The van der Waals surface area contributed by atoms with Crippen LogP contribution < -0.4 is 0 Å². The van der Waals surface area contributed by atoms with Crippen LogP contribution in [0.4, 0.5) is 0 Å². The number of hydrogen-bond donors (Lipinski definition) is 2. The number of aliphatic hydroxyl groups is 2. The van der Waals surface area contributed by atoms with E-state index in [1.54, 1.807) is 0 Å². The van der Waals surface area contributed by atoms with E-state index in [4.69, 9.17) is 0 Å². The molecule has 0 aromatic heterocycles. The van der Waals surface area contributed by atoms with Crippen LogP contribution in [0, 0.1) is 52.3 Å². The second-order valence-corrected chi connectivity index (χ2v) is 13.2. The van der Waals surface area contributed by atoms with E-state index in [-0.39, 0.29) is 17.6 Å². The van der Waals surface area contributed by atoms with Gasteiger partial charge in [-0.05, 0) is 85.4 Å². The third-order valence-electron chi connectivity index (χ3n) is 11.6. The second kappa shape index (κ2) is 8.12. The quantitative estimate of drug-likeness (QED) is 0.559. The van der Waals surface area contributed by atoms with Crippen LogP contribution in [0.2, 0.25) is 0 Å². The number of ketones is 1. The fourth-order valence-electron chi connectivity index (χ4n) is 9.06. The first kappa shape index (κ1) is 23.7. The first-order chi connectivity index (χ1) is 14.4. The van der Waals surface area contributed by atoms with Gasteiger partial charge in [0.15, 0.2) is 5.78 Å². The fraction of sp³-hybridized carbons (Fsp3) is 0.964. The van der Waals surface area contributed by atoms with Crippen molar-refractivity contribution in [1.82, 2.24) is 0 Å². The Kier molecular flexibility index (Phi) is 6.21. The van der Waals surface area contributed by atoms with E-state index >= 15 is 0 Å². The Balaban J connectivity index is 1.53. The zero-order chi connectivity index (χ0) is 22.8. The van der Waals surface area contributed by atoms with Crippen molar-refractivity contribution in [3.8, 4) is 0 Å². The summed E-state index contributed by atoms with van der Waals surface area (Å²) in [5, 5.41) is 21.8. The zero-order valence-electron chi connectivity index (χ0n) is 21.0. The molecule has 3 heteroatoms. The number of aliphatic hydroxyl groups excluding tert-OH is 1. The van der Waals surface area contributed by atoms with Crippen LogP contribution >= 0.6 is 0 Å². The van der Waals surface area contributed by atoms with Gasteiger partial charge in [0.1, 0.15) is 5.60 Å². The Hall–Kier alpha value is -0.410. The van der Waals surface area contributed by atoms with Crippen molar-refractivity contribution < 1.29 is 15.0 Å². The fourth-order valence-corrected chi connectivity index (χ4v) is 9.06. The minimum absolute atomic E-state index is 0.0292. The van der Waals surface area contributed by atoms with Gasteiger partial charge in [-0.15, -0.1) is 0 Å². The van der Waals surface area contributed by atoms with Crippen LogP contribution in [-0.4, -0.2) is 27.7 Å². The van der Waals surface area contributed by atoms with Gasteiger partial charge in [-0.1, -0.05) is 54.4 Å². The number of carbonyl (C=O) groups is 1. The van der Waals surface area contributed by atoms with Crippen LogP contribution in [0.25, 0.3) is 0 Å². The number of rotatable bonds is 5. The molecule has 0 bridgehead atoms. The van der Waals surface area contributed by atoms with Crippen molar-refractivity contribution in [2.75, 3.05) is 0 Å². The van der Waals surface area contributed by atoms with Crippen molar-refractivity contribution in [3.05, 3.63) is 0 Å². The topological polar surface area (TPSA) is 57.5 Å². The van der Waals surface area contributed by atoms with Gasteiger partial charge >= 0.3 is 0 Å². The van der Waals surface area contributed by atoms with Gasteiger partial charge in [0.2, 0.25) is 0 Å². The molecule has 4 saturated carbocycles. The molecular formula is C28H48O3. The van der Waals surface area contributed by atoms with Crippen LogP contribution in [0.5, 0.6) is 0 Å². The molecule has 0 amide bonds. The zero-order valence-corrected chi connectivity index (χ0v) is 21.0. The van der Waals surface area contributed by atoms with Gasteiger partial charge < -0.3 is 10.2 Å². The molecule has 31 heavy (non-hydrogen) atoms. The van der Waals surface area contributed by atoms with E-state index in [0.717, 1.165) is 42.9 Å². The summed E-state index contributed by atoms with van der Waals surface area (Å²) >= 11 is 0. The molecule has 3 unspecified atom stereocenters. The Morgan fingerprint density at radius 1 is 0.968 bits per heavy atom. The molecule has 0 saturated heterocycles. The smallest absolute Gasteiger partial charge is 0.165 e. The van der Waals surface area contributed by atoms with Crippen molar-refractivity contribution in [3.63, 3.8) is 0 Å². The van der Waals surface area contributed by atoms with Gasteiger partial charge in [-0.2, -0.15) is 0 Å². The van der Waals surface area contributed by atoms with Crippen molar-refractivity contribution in [1.29, 1.82) is 0 Å². The molecule has 4 aliphatic rings. The second-order valence-electron chi connectivity index (χ2n) is 13.2. The Morgan fingerprint density at radius 2 is 1.68 bits per heavy atom. The van der Waals surface area contributed by atoms with Crippen LogP contribution in [0.1, 0.15) is 106 Å². The predicted octanol–water partition coefficient (Wildman–Crippen LogP) is 6.01. The molecule has 4 rings (SSSR count). The maximum atomic E-state index is 13.3. The first-order valence-electron chi connectivity index (χ1n) is 13.4. The molecule has 0 heterocycles. The summed E-state index contributed by atoms with van der Waals surface area (Å²) in [5.41, 5.74) is -1.32. The molecule has 3 nitrogen and oxygen atoms in total. The number of carbonyl (C=O) groups excluding carboxylic acids is 1. The Labute approximate surface area is 190 Å². The standard InChI is InChI=1S/C28H48O3/c1-17(2)18(3)7-8-19(4)22-9-10-23-21-15-25(30)28(31)16-20(29)11-14-27(28,6)24(21)12-13-26(22,23)5/h17-24,29,31H,7-16H2,1-6H3/t18-,19+,20-,21?,22+,23?,24?,26+,27+,28-/m0/s1. The minimum Gasteiger partial charge on any atom is -0.393 e. The molecular weight excluding hydrogens is 384 g/mol. The Morgan fingerprint density at radius 3 is 2.35 bits per heavy atom. The summed E-state index contributed by atoms with van der Waals surface area (Å²) in [7, 11) is 0. The molecule has 0 aromatic rings. The summed E-state index contributed by atoms with van der Waals surface area (Å²) in [6.07, 6.45) is 9.39. The highest BCUT2D eigenvalue weighted by atomic mass is 16.3. The van der Waals surface area contributed by atoms with E-state index in [2.05, 4.69) is 41.5 Å². The molecule has 2 N–H and O–H groups in total. The highest BCUT2D eigenvalue weighted by molar-refractivity contribution is 5.89. The third kappa shape index (κ3) is 3.56. The van der Waals surface area contributed by atoms with Gasteiger partial charge in [0, 0.05) is 18.3 Å². The van der Waals surface area contributed by atoms with Crippen molar-refractivity contribution >= 4 is 5.78 Å². The first-order valence-corrected chi connectivity index (χ1v) is 13.4. The molecule has 0 spiro atoms. The highest BCUT2D eigenvalue weighted by Crippen LogP contribution is 2.68. The van der Waals surface area contributed by atoms with Crippen LogP contribution in [0.15, 0.2) is 0 Å². The third-order valence-corrected chi connectivity index (χ3v) is 11.6. The lowest BCUT2D eigenvalue weighted by molar-refractivity contribution is -0.213. The number of hydrogen-bond acceptors (Lipinski definition) is 3. The Bertz CT molecular complexity index is 688. The maximum absolute atomic E-state index is 13.3. The average molecular weight is 433 g/mol. The van der Waals surface area contributed by atoms with Crippen molar-refractivity contribution in [2.24, 2.45) is 52.3 Å². The van der Waals surface area contributed by atoms with Gasteiger partial charge in [-0.25, -0.2) is 0 Å². The van der Waals surface area contributed by atoms with Gasteiger partial charge in [0.25, 0.3) is 0 Å². The summed E-state index contributed by atoms with van der Waals surface area (Å²) in [6, 6.07) is 0. The highest BCUT2D eigenvalue weighted by Gasteiger charge is 2.67. The monoisotopic (exact) mass is 432 g/mol. The lowest BCUT2D eigenvalue weighted by atomic mass is 9.42. The summed E-state index contributed by atoms with van der Waals surface area (Å²) in [4.78, 5) is 13.3. The summed E-state index contributed by atoms with van der Waals surface area (Å²) in [5.74, 6) is 4.59. The lowest BCUT2D eigenvalue weighted by Gasteiger charge is -2.63. The number of Topliss-reactive ketones (excluding diaryl/α,β-unsaturated/α-hetero) is 1. The summed E-state index contributed by atoms with van der Waals surface area (Å²) < 4.78 is 0. The molecule has 0 aliphatic heterocycles. The normalized spacial score (nSPS) is 49.3. The van der Waals surface area contributed by atoms with Crippen LogP contribution in [-0.2, 0) is 4.79 Å². The molecule has 4 fully saturated rings. The minimum atomic E-state index is -1.31. The molecule has 0 radical (unpaired) electrons. The van der Waals surface area contributed by atoms with Crippen LogP contribution in [0.3, 0.4) is 0 Å². The van der Waals surface area contributed by atoms with Gasteiger partial charge in [-0.3, -0.25) is 4.79 Å².